The third-order valence-corrected chi connectivity index (χ3v) is 4.17. The summed E-state index contributed by atoms with van der Waals surface area (Å²) in [7, 11) is 0. The molecule has 1 fully saturated rings. The third kappa shape index (κ3) is 3.43. The van der Waals surface area contributed by atoms with Crippen LogP contribution in [0, 0.1) is 6.92 Å². The normalized spacial score (nSPS) is 17.6. The first-order valence-corrected chi connectivity index (χ1v) is 7.74. The average Bonchev–Trinajstić information content (AvgIpc) is 2.52. The van der Waals surface area contributed by atoms with Gasteiger partial charge in [-0.05, 0) is 36.2 Å². The zero-order valence-electron chi connectivity index (χ0n) is 12.2. The van der Waals surface area contributed by atoms with Crippen LogP contribution >= 0.6 is 11.6 Å². The third-order valence-electron chi connectivity index (χ3n) is 3.92. The highest BCUT2D eigenvalue weighted by Crippen LogP contribution is 2.28. The minimum absolute atomic E-state index is 0.199. The number of nitrogens with zero attached hydrogens (tertiary/aromatic N) is 2. The van der Waals surface area contributed by atoms with Gasteiger partial charge in [0, 0.05) is 37.4 Å². The second-order valence-corrected chi connectivity index (χ2v) is 5.94. The first-order chi connectivity index (χ1) is 10.2. The van der Waals surface area contributed by atoms with Crippen LogP contribution in [0.2, 0.25) is 5.02 Å². The molecule has 0 radical (unpaired) electrons. The van der Waals surface area contributed by atoms with Crippen LogP contribution in [0.1, 0.15) is 22.9 Å². The van der Waals surface area contributed by atoms with Crippen LogP contribution in [0.15, 0.2) is 42.6 Å². The van der Waals surface area contributed by atoms with E-state index in [4.69, 9.17) is 11.6 Å². The predicted molar refractivity (Wildman–Crippen MR) is 86.7 cm³/mol. The fraction of sp³-hybridized carbons (Fsp3) is 0.353. The smallest absolute Gasteiger partial charge is 0.0777 e. The Morgan fingerprint density at radius 2 is 1.81 bits per heavy atom. The second kappa shape index (κ2) is 6.56. The van der Waals surface area contributed by atoms with Crippen LogP contribution in [0.25, 0.3) is 0 Å². The number of hydrogen-bond acceptors (Lipinski definition) is 3. The Hall–Kier alpha value is -1.42. The molecule has 0 spiro atoms. The van der Waals surface area contributed by atoms with E-state index in [9.17, 15) is 0 Å². The van der Waals surface area contributed by atoms with E-state index in [0.717, 1.165) is 36.9 Å². The largest absolute Gasteiger partial charge is 0.314 e. The summed E-state index contributed by atoms with van der Waals surface area (Å²) in [5, 5.41) is 4.18. The van der Waals surface area contributed by atoms with Gasteiger partial charge in [0.2, 0.25) is 0 Å². The maximum atomic E-state index is 6.03. The van der Waals surface area contributed by atoms with Crippen molar-refractivity contribution in [3.8, 4) is 0 Å². The molecule has 1 aliphatic rings. The average molecular weight is 302 g/mol. The molecule has 2 aromatic rings. The minimum atomic E-state index is 0.199. The molecule has 0 bridgehead atoms. The molecule has 1 N–H and O–H groups in total. The SMILES string of the molecule is Cc1ccc(C(c2ccc(Cl)cc2)N2CCNCC2)nc1. The number of piperazine rings is 1. The fourth-order valence-electron chi connectivity index (χ4n) is 2.80. The van der Waals surface area contributed by atoms with Gasteiger partial charge in [0.05, 0.1) is 11.7 Å². The summed E-state index contributed by atoms with van der Waals surface area (Å²) in [5.41, 5.74) is 3.54. The van der Waals surface area contributed by atoms with E-state index in [0.29, 0.717) is 0 Å². The quantitative estimate of drug-likeness (QED) is 0.944. The molecule has 1 aliphatic heterocycles. The summed E-state index contributed by atoms with van der Waals surface area (Å²) >= 11 is 6.03. The lowest BCUT2D eigenvalue weighted by Gasteiger charge is -2.35. The number of halogens is 1. The van der Waals surface area contributed by atoms with Gasteiger partial charge in [0.25, 0.3) is 0 Å². The molecule has 110 valence electrons. The van der Waals surface area contributed by atoms with E-state index < -0.39 is 0 Å². The number of hydrogen-bond donors (Lipinski definition) is 1. The van der Waals surface area contributed by atoms with E-state index in [1.165, 1.54) is 11.1 Å². The van der Waals surface area contributed by atoms with Crippen LogP contribution < -0.4 is 5.32 Å². The molecule has 0 saturated carbocycles. The van der Waals surface area contributed by atoms with Crippen molar-refractivity contribution in [3.05, 3.63) is 64.4 Å². The lowest BCUT2D eigenvalue weighted by Crippen LogP contribution is -2.45. The molecule has 3 rings (SSSR count). The molecule has 0 amide bonds. The zero-order valence-corrected chi connectivity index (χ0v) is 13.0. The monoisotopic (exact) mass is 301 g/mol. The molecule has 3 nitrogen and oxygen atoms in total. The van der Waals surface area contributed by atoms with Gasteiger partial charge in [-0.2, -0.15) is 0 Å². The first kappa shape index (κ1) is 14.5. The highest BCUT2D eigenvalue weighted by Gasteiger charge is 2.24. The Labute approximate surface area is 131 Å². The molecule has 1 aromatic carbocycles. The van der Waals surface area contributed by atoms with E-state index in [1.54, 1.807) is 0 Å². The summed E-state index contributed by atoms with van der Waals surface area (Å²) in [6, 6.07) is 12.6. The van der Waals surface area contributed by atoms with Gasteiger partial charge in [0.1, 0.15) is 0 Å². The maximum Gasteiger partial charge on any atom is 0.0777 e. The van der Waals surface area contributed by atoms with Gasteiger partial charge in [-0.25, -0.2) is 0 Å². The predicted octanol–water partition coefficient (Wildman–Crippen LogP) is 3.04. The topological polar surface area (TPSA) is 28.2 Å². The number of aromatic nitrogens is 1. The van der Waals surface area contributed by atoms with E-state index in [2.05, 4.69) is 46.4 Å². The summed E-state index contributed by atoms with van der Waals surface area (Å²) in [5.74, 6) is 0. The van der Waals surface area contributed by atoms with Crippen molar-refractivity contribution in [2.24, 2.45) is 0 Å². The van der Waals surface area contributed by atoms with Gasteiger partial charge >= 0.3 is 0 Å². The summed E-state index contributed by atoms with van der Waals surface area (Å²) < 4.78 is 0. The van der Waals surface area contributed by atoms with Crippen molar-refractivity contribution in [3.63, 3.8) is 0 Å². The van der Waals surface area contributed by atoms with Gasteiger partial charge in [-0.1, -0.05) is 29.8 Å². The fourth-order valence-corrected chi connectivity index (χ4v) is 2.92. The second-order valence-electron chi connectivity index (χ2n) is 5.50. The summed E-state index contributed by atoms with van der Waals surface area (Å²) in [6.45, 7) is 6.18. The molecule has 4 heteroatoms. The van der Waals surface area contributed by atoms with Crippen LogP contribution in [-0.4, -0.2) is 36.1 Å². The van der Waals surface area contributed by atoms with Crippen molar-refractivity contribution in [1.82, 2.24) is 15.2 Å². The first-order valence-electron chi connectivity index (χ1n) is 7.37. The molecular formula is C17H20ClN3. The number of aryl methyl sites for hydroxylation is 1. The zero-order chi connectivity index (χ0) is 14.7. The van der Waals surface area contributed by atoms with Crippen LogP contribution in [0.5, 0.6) is 0 Å². The van der Waals surface area contributed by atoms with Gasteiger partial charge in [-0.15, -0.1) is 0 Å². The van der Waals surface area contributed by atoms with E-state index in [1.807, 2.05) is 18.3 Å². The van der Waals surface area contributed by atoms with E-state index >= 15 is 0 Å². The molecule has 1 atom stereocenters. The summed E-state index contributed by atoms with van der Waals surface area (Å²) in [4.78, 5) is 7.14. The molecular weight excluding hydrogens is 282 g/mol. The van der Waals surface area contributed by atoms with Crippen molar-refractivity contribution >= 4 is 11.6 Å². The number of nitrogens with one attached hydrogen (secondary N) is 1. The van der Waals surface area contributed by atoms with Crippen molar-refractivity contribution in [2.45, 2.75) is 13.0 Å². The van der Waals surface area contributed by atoms with Crippen molar-refractivity contribution in [2.75, 3.05) is 26.2 Å². The summed E-state index contributed by atoms with van der Waals surface area (Å²) in [6.07, 6.45) is 1.94. The maximum absolute atomic E-state index is 6.03. The standard InChI is InChI=1S/C17H20ClN3/c1-13-2-7-16(20-12-13)17(21-10-8-19-9-11-21)14-3-5-15(18)6-4-14/h2-7,12,17,19H,8-11H2,1H3. The lowest BCUT2D eigenvalue weighted by atomic mass is 10.00. The van der Waals surface area contributed by atoms with Gasteiger partial charge in [0.15, 0.2) is 0 Å². The van der Waals surface area contributed by atoms with Crippen LogP contribution in [0.4, 0.5) is 0 Å². The molecule has 1 saturated heterocycles. The Morgan fingerprint density at radius 1 is 1.10 bits per heavy atom. The molecule has 1 aromatic heterocycles. The van der Waals surface area contributed by atoms with Gasteiger partial charge in [-0.3, -0.25) is 9.88 Å². The number of benzene rings is 1. The van der Waals surface area contributed by atoms with Crippen molar-refractivity contribution in [1.29, 1.82) is 0 Å². The molecule has 21 heavy (non-hydrogen) atoms. The molecule has 0 aliphatic carbocycles. The highest BCUT2D eigenvalue weighted by atomic mass is 35.5. The number of pyridine rings is 1. The Balaban J connectivity index is 1.97. The van der Waals surface area contributed by atoms with Crippen molar-refractivity contribution < 1.29 is 0 Å². The van der Waals surface area contributed by atoms with Gasteiger partial charge < -0.3 is 5.32 Å². The lowest BCUT2D eigenvalue weighted by molar-refractivity contribution is 0.195. The molecule has 2 heterocycles. The van der Waals surface area contributed by atoms with E-state index in [-0.39, 0.29) is 6.04 Å². The molecule has 1 unspecified atom stereocenters. The van der Waals surface area contributed by atoms with Crippen LogP contribution in [0.3, 0.4) is 0 Å². The Kier molecular flexibility index (Phi) is 4.54. The number of rotatable bonds is 3. The van der Waals surface area contributed by atoms with Crippen LogP contribution in [-0.2, 0) is 0 Å². The minimum Gasteiger partial charge on any atom is -0.314 e. The Morgan fingerprint density at radius 3 is 2.43 bits per heavy atom. The Bertz CT molecular complexity index is 528. The highest BCUT2D eigenvalue weighted by molar-refractivity contribution is 6.30.